The van der Waals surface area contributed by atoms with E-state index in [2.05, 4.69) is 20.9 Å². The van der Waals surface area contributed by atoms with Gasteiger partial charge in [0.05, 0.1) is 24.3 Å². The second kappa shape index (κ2) is 7.23. The van der Waals surface area contributed by atoms with Crippen LogP contribution in [-0.4, -0.2) is 30.8 Å². The van der Waals surface area contributed by atoms with Crippen molar-refractivity contribution in [3.05, 3.63) is 64.9 Å². The lowest BCUT2D eigenvalue weighted by Crippen LogP contribution is -2.31. The van der Waals surface area contributed by atoms with Crippen LogP contribution in [0.1, 0.15) is 12.6 Å². The monoisotopic (exact) mass is 388 g/mol. The summed E-state index contributed by atoms with van der Waals surface area (Å²) in [6.45, 7) is 2.21. The molecule has 5 nitrogen and oxygen atoms in total. The van der Waals surface area contributed by atoms with Crippen LogP contribution in [0.15, 0.2) is 53.7 Å². The Morgan fingerprint density at radius 2 is 1.96 bits per heavy atom. The predicted molar refractivity (Wildman–Crippen MR) is 92.9 cm³/mol. The minimum atomic E-state index is -0.721. The van der Waals surface area contributed by atoms with Gasteiger partial charge in [-0.05, 0) is 18.2 Å². The Morgan fingerprint density at radius 1 is 1.17 bits per heavy atom. The summed E-state index contributed by atoms with van der Waals surface area (Å²) in [5.74, 6) is -0.316. The summed E-state index contributed by atoms with van der Waals surface area (Å²) in [7, 11) is 0. The first-order valence-electron chi connectivity index (χ1n) is 7.61. The molecule has 0 spiro atoms. The van der Waals surface area contributed by atoms with Crippen LogP contribution in [0.2, 0.25) is 0 Å². The maximum Gasteiger partial charge on any atom is 0.302 e. The van der Waals surface area contributed by atoms with Crippen LogP contribution in [0.4, 0.5) is 0 Å². The lowest BCUT2D eigenvalue weighted by atomic mass is 9.96. The van der Waals surface area contributed by atoms with Crippen LogP contribution in [0, 0.1) is 0 Å². The first kappa shape index (κ1) is 16.8. The van der Waals surface area contributed by atoms with Crippen molar-refractivity contribution in [2.75, 3.05) is 19.8 Å². The lowest BCUT2D eigenvalue weighted by Gasteiger charge is -2.26. The van der Waals surface area contributed by atoms with E-state index in [0.717, 1.165) is 20.8 Å². The van der Waals surface area contributed by atoms with E-state index in [0.29, 0.717) is 13.2 Å². The number of para-hydroxylation sites is 1. The second-order valence-corrected chi connectivity index (χ2v) is 6.20. The molecule has 0 saturated carbocycles. The van der Waals surface area contributed by atoms with E-state index in [-0.39, 0.29) is 12.6 Å². The fourth-order valence-corrected chi connectivity index (χ4v) is 3.39. The van der Waals surface area contributed by atoms with Gasteiger partial charge in [-0.2, -0.15) is 0 Å². The van der Waals surface area contributed by atoms with Gasteiger partial charge in [0.25, 0.3) is 0 Å². The summed E-state index contributed by atoms with van der Waals surface area (Å²) in [5.41, 5.74) is 0.0850. The molecule has 1 unspecified atom stereocenters. The third kappa shape index (κ3) is 3.25. The van der Waals surface area contributed by atoms with E-state index >= 15 is 0 Å². The minimum absolute atomic E-state index is 0.220. The van der Waals surface area contributed by atoms with Gasteiger partial charge in [0.15, 0.2) is 5.54 Å². The summed E-state index contributed by atoms with van der Waals surface area (Å²) >= 11 is 3.71. The Hall–Kier alpha value is -2.05. The van der Waals surface area contributed by atoms with Crippen molar-refractivity contribution in [3.63, 3.8) is 0 Å². The number of hydrogen-bond donors (Lipinski definition) is 0. The summed E-state index contributed by atoms with van der Waals surface area (Å²) < 4.78 is 11.6. The van der Waals surface area contributed by atoms with Gasteiger partial charge in [0.2, 0.25) is 0 Å². The van der Waals surface area contributed by atoms with Crippen LogP contribution in [-0.2, 0) is 19.8 Å². The highest BCUT2D eigenvalue weighted by atomic mass is 79.9. The molecule has 24 heavy (non-hydrogen) atoms. The highest BCUT2D eigenvalue weighted by Gasteiger charge is 2.40. The van der Waals surface area contributed by atoms with E-state index in [1.54, 1.807) is 6.20 Å². The fourth-order valence-electron chi connectivity index (χ4n) is 2.65. The summed E-state index contributed by atoms with van der Waals surface area (Å²) in [6.07, 6.45) is 1.74. The average molecular weight is 389 g/mol. The standard InChI is InChI=1S/C18H17BrN2O3/c1-13(22)24-11-10-23-12-18(16-8-4-5-9-20-16)17(19)14-6-2-3-7-15(14)21-18/h2-9H,10-12H2,1H3. The topological polar surface area (TPSA) is 60.8 Å². The van der Waals surface area contributed by atoms with Gasteiger partial charge in [-0.25, -0.2) is 0 Å². The number of carbonyl (C=O) groups is 1. The van der Waals surface area contributed by atoms with Crippen LogP contribution in [0.25, 0.3) is 4.48 Å². The van der Waals surface area contributed by atoms with Crippen molar-refractivity contribution in [3.8, 4) is 0 Å². The van der Waals surface area contributed by atoms with Crippen molar-refractivity contribution in [1.82, 2.24) is 4.98 Å². The van der Waals surface area contributed by atoms with Gasteiger partial charge >= 0.3 is 5.97 Å². The number of nitrogens with zero attached hydrogens (tertiary/aromatic N) is 2. The number of benzene rings is 1. The Kier molecular flexibility index (Phi) is 5.06. The molecular formula is C18H17BrN2O3. The van der Waals surface area contributed by atoms with Crippen LogP contribution < -0.4 is 10.6 Å². The SMILES string of the molecule is CC(=O)OCCOCC1(c2ccccn2)N=c2ccccc2=C1Br. The summed E-state index contributed by atoms with van der Waals surface area (Å²) in [6, 6.07) is 13.7. The number of halogens is 1. The van der Waals surface area contributed by atoms with E-state index < -0.39 is 5.54 Å². The van der Waals surface area contributed by atoms with E-state index in [1.165, 1.54) is 6.92 Å². The van der Waals surface area contributed by atoms with Gasteiger partial charge in [0.1, 0.15) is 6.61 Å². The van der Waals surface area contributed by atoms with Crippen molar-refractivity contribution < 1.29 is 14.3 Å². The molecule has 3 rings (SSSR count). The molecule has 0 saturated heterocycles. The second-order valence-electron chi connectivity index (χ2n) is 5.41. The maximum absolute atomic E-state index is 10.8. The molecule has 1 aromatic carbocycles. The van der Waals surface area contributed by atoms with Gasteiger partial charge < -0.3 is 9.47 Å². The van der Waals surface area contributed by atoms with Crippen molar-refractivity contribution >= 4 is 26.4 Å². The lowest BCUT2D eigenvalue weighted by molar-refractivity contribution is -0.142. The highest BCUT2D eigenvalue weighted by Crippen LogP contribution is 2.38. The molecule has 0 amide bonds. The molecule has 2 aromatic rings. The molecule has 1 aliphatic heterocycles. The Morgan fingerprint density at radius 3 is 2.67 bits per heavy atom. The normalized spacial score (nSPS) is 18.8. The van der Waals surface area contributed by atoms with Crippen molar-refractivity contribution in [1.29, 1.82) is 0 Å². The van der Waals surface area contributed by atoms with Crippen LogP contribution in [0.3, 0.4) is 0 Å². The third-order valence-corrected chi connectivity index (χ3v) is 4.83. The van der Waals surface area contributed by atoms with Gasteiger partial charge in [0, 0.05) is 22.8 Å². The Balaban J connectivity index is 1.90. The number of esters is 1. The fraction of sp³-hybridized carbons (Fsp3) is 0.278. The third-order valence-electron chi connectivity index (χ3n) is 3.75. The molecule has 6 heteroatoms. The highest BCUT2D eigenvalue weighted by molar-refractivity contribution is 9.15. The molecule has 0 N–H and O–H groups in total. The molecule has 0 aliphatic carbocycles. The number of carbonyl (C=O) groups excluding carboxylic acids is 1. The number of rotatable bonds is 6. The van der Waals surface area contributed by atoms with Crippen molar-refractivity contribution in [2.24, 2.45) is 4.99 Å². The molecule has 1 aromatic heterocycles. The van der Waals surface area contributed by atoms with Gasteiger partial charge in [-0.15, -0.1) is 0 Å². The largest absolute Gasteiger partial charge is 0.463 e. The molecule has 0 bridgehead atoms. The summed E-state index contributed by atoms with van der Waals surface area (Å²) in [5, 5.41) is 1.94. The minimum Gasteiger partial charge on any atom is -0.463 e. The molecular weight excluding hydrogens is 372 g/mol. The first-order chi connectivity index (χ1) is 11.6. The smallest absolute Gasteiger partial charge is 0.302 e. The zero-order chi connectivity index (χ0) is 17.0. The quantitative estimate of drug-likeness (QED) is 0.558. The number of fused-ring (bicyclic) bond motifs is 1. The Bertz CT molecular complexity index is 854. The molecule has 0 radical (unpaired) electrons. The zero-order valence-corrected chi connectivity index (χ0v) is 14.8. The maximum atomic E-state index is 10.8. The van der Waals surface area contributed by atoms with E-state index in [9.17, 15) is 4.79 Å². The zero-order valence-electron chi connectivity index (χ0n) is 13.2. The van der Waals surface area contributed by atoms with E-state index in [4.69, 9.17) is 14.5 Å². The molecule has 1 atom stereocenters. The predicted octanol–water partition coefficient (Wildman–Crippen LogP) is 1.69. The number of pyridine rings is 1. The van der Waals surface area contributed by atoms with Crippen LogP contribution >= 0.6 is 15.9 Å². The molecule has 0 fully saturated rings. The first-order valence-corrected chi connectivity index (χ1v) is 8.40. The van der Waals surface area contributed by atoms with Crippen molar-refractivity contribution in [2.45, 2.75) is 12.5 Å². The number of ether oxygens (including phenoxy) is 2. The Labute approximate surface area is 148 Å². The number of aromatic nitrogens is 1. The van der Waals surface area contributed by atoms with E-state index in [1.807, 2.05) is 42.5 Å². The summed E-state index contributed by atoms with van der Waals surface area (Å²) in [4.78, 5) is 20.2. The van der Waals surface area contributed by atoms with Gasteiger partial charge in [-0.3, -0.25) is 14.8 Å². The van der Waals surface area contributed by atoms with Crippen LogP contribution in [0.5, 0.6) is 0 Å². The average Bonchev–Trinajstić information content (AvgIpc) is 2.89. The van der Waals surface area contributed by atoms with Gasteiger partial charge in [-0.1, -0.05) is 40.2 Å². The molecule has 124 valence electrons. The molecule has 1 aliphatic rings. The number of hydrogen-bond acceptors (Lipinski definition) is 5. The molecule has 2 heterocycles.